The number of rotatable bonds is 11. The number of nitrogens with zero attached hydrogens (tertiary/aromatic N) is 2. The Morgan fingerprint density at radius 2 is 1.70 bits per heavy atom. The minimum Gasteiger partial charge on any atom is -0.492 e. The number of anilines is 1. The maximum absolute atomic E-state index is 6.04. The maximum atomic E-state index is 6.04. The van der Waals surface area contributed by atoms with Crippen LogP contribution in [0.5, 0.6) is 5.75 Å². The third kappa shape index (κ3) is 5.72. The number of pyridine rings is 1. The highest BCUT2D eigenvalue weighted by atomic mass is 16.5. The quantitative estimate of drug-likeness (QED) is 0.492. The topological polar surface area (TPSA) is 25.4 Å². The van der Waals surface area contributed by atoms with Crippen LogP contribution >= 0.6 is 0 Å². The Labute approximate surface area is 165 Å². The summed E-state index contributed by atoms with van der Waals surface area (Å²) in [5.74, 6) is 1.95. The number of benzene rings is 1. The van der Waals surface area contributed by atoms with Crippen molar-refractivity contribution in [3.05, 3.63) is 53.7 Å². The van der Waals surface area contributed by atoms with Gasteiger partial charge in [-0.3, -0.25) is 0 Å². The van der Waals surface area contributed by atoms with Crippen LogP contribution in [0, 0.1) is 5.41 Å². The third-order valence-corrected chi connectivity index (χ3v) is 6.11. The van der Waals surface area contributed by atoms with Gasteiger partial charge in [0, 0.05) is 13.2 Å². The zero-order valence-electron chi connectivity index (χ0n) is 17.8. The normalized spacial score (nSPS) is 11.4. The molecule has 148 valence electrons. The summed E-state index contributed by atoms with van der Waals surface area (Å²) >= 11 is 0. The SMILES string of the molecule is CCc1cc(OCCN(C)c2ccccn2)ccc1CC(CC)(CC)CC. The van der Waals surface area contributed by atoms with Crippen LogP contribution in [0.2, 0.25) is 0 Å². The smallest absolute Gasteiger partial charge is 0.128 e. The predicted molar refractivity (Wildman–Crippen MR) is 116 cm³/mol. The van der Waals surface area contributed by atoms with Gasteiger partial charge in [-0.05, 0) is 53.6 Å². The summed E-state index contributed by atoms with van der Waals surface area (Å²) in [6, 6.07) is 12.6. The zero-order chi connectivity index (χ0) is 19.7. The molecule has 0 saturated heterocycles. The minimum atomic E-state index is 0.428. The van der Waals surface area contributed by atoms with Gasteiger partial charge in [-0.2, -0.15) is 0 Å². The number of hydrogen-bond acceptors (Lipinski definition) is 3. The molecule has 27 heavy (non-hydrogen) atoms. The molecular formula is C24H36N2O. The van der Waals surface area contributed by atoms with Crippen molar-refractivity contribution in [2.45, 2.75) is 59.8 Å². The number of aryl methyl sites for hydroxylation is 1. The Kier molecular flexibility index (Phi) is 8.15. The number of aromatic nitrogens is 1. The van der Waals surface area contributed by atoms with Crippen LogP contribution in [-0.4, -0.2) is 25.2 Å². The standard InChI is InChI=1S/C24H36N2O/c1-6-20-18-22(14-13-21(20)19-24(7-2,8-3)9-4)27-17-16-26(5)23-12-10-11-15-25-23/h10-15,18H,6-9,16-17,19H2,1-5H3. The molecule has 0 bridgehead atoms. The lowest BCUT2D eigenvalue weighted by Crippen LogP contribution is -2.24. The summed E-state index contributed by atoms with van der Waals surface area (Å²) in [5.41, 5.74) is 3.34. The van der Waals surface area contributed by atoms with Crippen molar-refractivity contribution in [2.24, 2.45) is 5.41 Å². The molecule has 0 radical (unpaired) electrons. The second kappa shape index (κ2) is 10.3. The Bertz CT molecular complexity index is 672. The Hall–Kier alpha value is -2.03. The summed E-state index contributed by atoms with van der Waals surface area (Å²) in [4.78, 5) is 6.49. The fourth-order valence-electron chi connectivity index (χ4n) is 3.72. The van der Waals surface area contributed by atoms with Gasteiger partial charge in [0.05, 0.1) is 6.54 Å². The minimum absolute atomic E-state index is 0.428. The molecule has 0 aliphatic heterocycles. The summed E-state index contributed by atoms with van der Waals surface area (Å²) in [5, 5.41) is 0. The molecule has 2 aromatic rings. The van der Waals surface area contributed by atoms with E-state index >= 15 is 0 Å². The van der Waals surface area contributed by atoms with E-state index in [4.69, 9.17) is 4.74 Å². The molecule has 1 aromatic heterocycles. The van der Waals surface area contributed by atoms with Crippen LogP contribution in [0.3, 0.4) is 0 Å². The second-order valence-electron chi connectivity index (χ2n) is 7.48. The third-order valence-electron chi connectivity index (χ3n) is 6.11. The predicted octanol–water partition coefficient (Wildman–Crippen LogP) is 5.92. The molecule has 0 N–H and O–H groups in total. The van der Waals surface area contributed by atoms with Crippen LogP contribution in [0.4, 0.5) is 5.82 Å². The molecule has 0 spiro atoms. The Balaban J connectivity index is 1.99. The zero-order valence-corrected chi connectivity index (χ0v) is 17.8. The van der Waals surface area contributed by atoms with E-state index in [0.29, 0.717) is 12.0 Å². The first kappa shape index (κ1) is 21.3. The van der Waals surface area contributed by atoms with Crippen LogP contribution in [0.25, 0.3) is 0 Å². The lowest BCUT2D eigenvalue weighted by Gasteiger charge is -2.31. The molecule has 0 amide bonds. The Morgan fingerprint density at radius 3 is 2.30 bits per heavy atom. The number of hydrogen-bond donors (Lipinski definition) is 0. The van der Waals surface area contributed by atoms with Gasteiger partial charge in [0.15, 0.2) is 0 Å². The molecule has 1 heterocycles. The largest absolute Gasteiger partial charge is 0.492 e. The summed E-state index contributed by atoms with van der Waals surface area (Å²) in [7, 11) is 2.05. The molecule has 3 nitrogen and oxygen atoms in total. The van der Waals surface area contributed by atoms with Crippen molar-refractivity contribution in [2.75, 3.05) is 25.1 Å². The fraction of sp³-hybridized carbons (Fsp3) is 0.542. The number of ether oxygens (including phenoxy) is 1. The van der Waals surface area contributed by atoms with Crippen molar-refractivity contribution >= 4 is 5.82 Å². The highest BCUT2D eigenvalue weighted by molar-refractivity contribution is 5.38. The maximum Gasteiger partial charge on any atom is 0.128 e. The van der Waals surface area contributed by atoms with Gasteiger partial charge in [-0.25, -0.2) is 4.98 Å². The molecule has 2 rings (SSSR count). The van der Waals surface area contributed by atoms with Gasteiger partial charge in [-0.15, -0.1) is 0 Å². The molecule has 0 aliphatic carbocycles. The van der Waals surface area contributed by atoms with E-state index < -0.39 is 0 Å². The lowest BCUT2D eigenvalue weighted by atomic mass is 9.74. The Morgan fingerprint density at radius 1 is 0.963 bits per heavy atom. The molecule has 0 saturated carbocycles. The molecule has 1 aromatic carbocycles. The molecule has 0 aliphatic rings. The van der Waals surface area contributed by atoms with Crippen molar-refractivity contribution in [1.82, 2.24) is 4.98 Å². The van der Waals surface area contributed by atoms with Gasteiger partial charge in [0.1, 0.15) is 18.2 Å². The van der Waals surface area contributed by atoms with Gasteiger partial charge < -0.3 is 9.64 Å². The van der Waals surface area contributed by atoms with E-state index in [1.807, 2.05) is 31.4 Å². The van der Waals surface area contributed by atoms with Crippen LogP contribution in [0.1, 0.15) is 58.1 Å². The van der Waals surface area contributed by atoms with E-state index in [1.165, 1.54) is 36.8 Å². The van der Waals surface area contributed by atoms with Gasteiger partial charge >= 0.3 is 0 Å². The van der Waals surface area contributed by atoms with Crippen LogP contribution in [0.15, 0.2) is 42.6 Å². The molecule has 0 atom stereocenters. The van der Waals surface area contributed by atoms with Crippen molar-refractivity contribution in [3.63, 3.8) is 0 Å². The van der Waals surface area contributed by atoms with Crippen LogP contribution < -0.4 is 9.64 Å². The van der Waals surface area contributed by atoms with Gasteiger partial charge in [-0.1, -0.05) is 59.1 Å². The summed E-state index contributed by atoms with van der Waals surface area (Å²) < 4.78 is 6.04. The summed E-state index contributed by atoms with van der Waals surface area (Å²) in [6.45, 7) is 10.7. The monoisotopic (exact) mass is 368 g/mol. The van der Waals surface area contributed by atoms with Crippen molar-refractivity contribution in [1.29, 1.82) is 0 Å². The molecule has 0 fully saturated rings. The lowest BCUT2D eigenvalue weighted by molar-refractivity contribution is 0.248. The fourth-order valence-corrected chi connectivity index (χ4v) is 3.72. The first-order chi connectivity index (χ1) is 13.1. The number of likely N-dealkylation sites (N-methyl/N-ethyl adjacent to an activating group) is 1. The van der Waals surface area contributed by atoms with Crippen molar-refractivity contribution in [3.8, 4) is 5.75 Å². The van der Waals surface area contributed by atoms with Crippen LogP contribution in [-0.2, 0) is 12.8 Å². The van der Waals surface area contributed by atoms with E-state index in [2.05, 4.69) is 55.8 Å². The summed E-state index contributed by atoms with van der Waals surface area (Å²) in [6.07, 6.45) is 7.75. The molecular weight excluding hydrogens is 332 g/mol. The second-order valence-corrected chi connectivity index (χ2v) is 7.48. The first-order valence-corrected chi connectivity index (χ1v) is 10.4. The molecule has 0 unspecified atom stereocenters. The molecule has 3 heteroatoms. The van der Waals surface area contributed by atoms with E-state index in [-0.39, 0.29) is 0 Å². The van der Waals surface area contributed by atoms with Gasteiger partial charge in [0.25, 0.3) is 0 Å². The highest BCUT2D eigenvalue weighted by Gasteiger charge is 2.25. The van der Waals surface area contributed by atoms with E-state index in [1.54, 1.807) is 0 Å². The average Bonchev–Trinajstić information content (AvgIpc) is 2.73. The van der Waals surface area contributed by atoms with E-state index in [0.717, 1.165) is 24.5 Å². The first-order valence-electron chi connectivity index (χ1n) is 10.4. The van der Waals surface area contributed by atoms with Crippen molar-refractivity contribution < 1.29 is 4.74 Å². The highest BCUT2D eigenvalue weighted by Crippen LogP contribution is 2.36. The van der Waals surface area contributed by atoms with Gasteiger partial charge in [0.2, 0.25) is 0 Å². The van der Waals surface area contributed by atoms with E-state index in [9.17, 15) is 0 Å². The average molecular weight is 369 g/mol.